The summed E-state index contributed by atoms with van der Waals surface area (Å²) in [7, 11) is 4.63. The van der Waals surface area contributed by atoms with Crippen molar-refractivity contribution in [2.24, 2.45) is 5.18 Å². The van der Waals surface area contributed by atoms with Gasteiger partial charge in [0.15, 0.2) is 23.0 Å². The van der Waals surface area contributed by atoms with Gasteiger partial charge in [-0.1, -0.05) is 12.1 Å². The predicted molar refractivity (Wildman–Crippen MR) is 121 cm³/mol. The van der Waals surface area contributed by atoms with Gasteiger partial charge in [0.05, 0.1) is 27.0 Å². The molecule has 32 heavy (non-hydrogen) atoms. The zero-order valence-electron chi connectivity index (χ0n) is 18.1. The van der Waals surface area contributed by atoms with Crippen molar-refractivity contribution in [3.8, 4) is 17.2 Å². The van der Waals surface area contributed by atoms with Crippen LogP contribution in [0, 0.1) is 4.91 Å². The molecular formula is C23H24N4O5. The molecule has 1 heterocycles. The lowest BCUT2D eigenvalue weighted by atomic mass is 10.1. The molecule has 0 saturated heterocycles. The SMILES string of the molecule is COc1ccc(CCNC(=O)N(c2ccc(OC)c(OC)c2)c2ncccc2N=O)cc1. The van der Waals surface area contributed by atoms with E-state index in [0.717, 1.165) is 11.3 Å². The van der Waals surface area contributed by atoms with E-state index < -0.39 is 6.03 Å². The molecule has 9 heteroatoms. The van der Waals surface area contributed by atoms with Crippen LogP contribution in [0.3, 0.4) is 0 Å². The molecule has 0 atom stereocenters. The van der Waals surface area contributed by atoms with E-state index in [-0.39, 0.29) is 11.5 Å². The Kier molecular flexibility index (Phi) is 7.58. The smallest absolute Gasteiger partial charge is 0.327 e. The van der Waals surface area contributed by atoms with Gasteiger partial charge >= 0.3 is 6.03 Å². The Hall–Kier alpha value is -4.14. The van der Waals surface area contributed by atoms with Crippen LogP contribution < -0.4 is 24.4 Å². The Morgan fingerprint density at radius 2 is 1.75 bits per heavy atom. The third kappa shape index (κ3) is 5.12. The maximum Gasteiger partial charge on any atom is 0.327 e. The summed E-state index contributed by atoms with van der Waals surface area (Å²) in [6.07, 6.45) is 2.10. The van der Waals surface area contributed by atoms with Gasteiger partial charge in [0, 0.05) is 18.8 Å². The number of urea groups is 1. The molecule has 0 radical (unpaired) electrons. The quantitative estimate of drug-likeness (QED) is 0.492. The zero-order chi connectivity index (χ0) is 22.9. The highest BCUT2D eigenvalue weighted by Crippen LogP contribution is 2.37. The maximum atomic E-state index is 13.2. The Bertz CT molecular complexity index is 1070. The van der Waals surface area contributed by atoms with Crippen LogP contribution in [0.15, 0.2) is 66.0 Å². The van der Waals surface area contributed by atoms with Crippen LogP contribution in [0.2, 0.25) is 0 Å². The number of rotatable bonds is 9. The van der Waals surface area contributed by atoms with Crippen molar-refractivity contribution in [3.05, 3.63) is 71.3 Å². The van der Waals surface area contributed by atoms with Crippen molar-refractivity contribution in [2.75, 3.05) is 32.8 Å². The average molecular weight is 436 g/mol. The van der Waals surface area contributed by atoms with Crippen LogP contribution in [-0.2, 0) is 6.42 Å². The van der Waals surface area contributed by atoms with Crippen molar-refractivity contribution >= 4 is 23.2 Å². The fourth-order valence-corrected chi connectivity index (χ4v) is 3.12. The number of ether oxygens (including phenoxy) is 3. The number of carbonyl (C=O) groups is 1. The highest BCUT2D eigenvalue weighted by atomic mass is 16.5. The Labute approximate surface area is 185 Å². The molecule has 2 aromatic carbocycles. The molecule has 0 bridgehead atoms. The Morgan fingerprint density at radius 3 is 2.41 bits per heavy atom. The van der Waals surface area contributed by atoms with Crippen LogP contribution >= 0.6 is 0 Å². The lowest BCUT2D eigenvalue weighted by Gasteiger charge is -2.24. The second-order valence-electron chi connectivity index (χ2n) is 6.64. The summed E-state index contributed by atoms with van der Waals surface area (Å²) in [5.41, 5.74) is 1.51. The average Bonchev–Trinajstić information content (AvgIpc) is 2.84. The van der Waals surface area contributed by atoms with Crippen LogP contribution in [0.1, 0.15) is 5.56 Å². The number of methoxy groups -OCH3 is 3. The van der Waals surface area contributed by atoms with Gasteiger partial charge in [-0.05, 0) is 53.6 Å². The number of nitrogens with one attached hydrogen (secondary N) is 1. The largest absolute Gasteiger partial charge is 0.497 e. The van der Waals surface area contributed by atoms with Crippen molar-refractivity contribution in [2.45, 2.75) is 6.42 Å². The van der Waals surface area contributed by atoms with Gasteiger partial charge in [-0.15, -0.1) is 4.91 Å². The minimum absolute atomic E-state index is 0.0348. The second-order valence-corrected chi connectivity index (χ2v) is 6.64. The molecule has 0 spiro atoms. The fourth-order valence-electron chi connectivity index (χ4n) is 3.12. The van der Waals surface area contributed by atoms with E-state index in [9.17, 15) is 9.70 Å². The van der Waals surface area contributed by atoms with E-state index in [0.29, 0.717) is 30.2 Å². The molecule has 3 aromatic rings. The molecule has 1 N–H and O–H groups in total. The van der Waals surface area contributed by atoms with E-state index in [2.05, 4.69) is 15.5 Å². The van der Waals surface area contributed by atoms with E-state index in [1.807, 2.05) is 24.3 Å². The summed E-state index contributed by atoms with van der Waals surface area (Å²) in [6, 6.07) is 15.2. The standard InChI is InChI=1S/C23H24N4O5/c1-30-18-9-6-16(7-10-18)12-14-25-23(28)27(22-19(26-29)5-4-13-24-22)17-8-11-20(31-2)21(15-17)32-3/h4-11,13,15H,12,14H2,1-3H3,(H,25,28). The number of nitrogens with zero attached hydrogens (tertiary/aromatic N) is 3. The lowest BCUT2D eigenvalue weighted by molar-refractivity contribution is 0.248. The number of nitroso groups, excluding NO2 is 1. The Balaban J connectivity index is 1.86. The predicted octanol–water partition coefficient (Wildman–Crippen LogP) is 4.60. The van der Waals surface area contributed by atoms with Gasteiger partial charge in [0.25, 0.3) is 0 Å². The minimum atomic E-state index is -0.464. The first-order valence-electron chi connectivity index (χ1n) is 9.82. The summed E-state index contributed by atoms with van der Waals surface area (Å²) >= 11 is 0. The zero-order valence-corrected chi connectivity index (χ0v) is 18.1. The first-order valence-corrected chi connectivity index (χ1v) is 9.82. The van der Waals surface area contributed by atoms with Crippen LogP contribution in [-0.4, -0.2) is 38.9 Å². The number of hydrogen-bond acceptors (Lipinski definition) is 7. The molecule has 9 nitrogen and oxygen atoms in total. The third-order valence-electron chi connectivity index (χ3n) is 4.75. The number of anilines is 2. The first-order chi connectivity index (χ1) is 15.6. The minimum Gasteiger partial charge on any atom is -0.497 e. The van der Waals surface area contributed by atoms with E-state index in [4.69, 9.17) is 14.2 Å². The lowest BCUT2D eigenvalue weighted by Crippen LogP contribution is -2.38. The highest BCUT2D eigenvalue weighted by Gasteiger charge is 2.24. The molecular weight excluding hydrogens is 412 g/mol. The topological polar surface area (TPSA) is 102 Å². The van der Waals surface area contributed by atoms with Crippen LogP contribution in [0.5, 0.6) is 17.2 Å². The van der Waals surface area contributed by atoms with Crippen LogP contribution in [0.25, 0.3) is 0 Å². The molecule has 0 saturated carbocycles. The molecule has 1 aromatic heterocycles. The number of amides is 2. The molecule has 166 valence electrons. The first kappa shape index (κ1) is 22.5. The van der Waals surface area contributed by atoms with Crippen molar-refractivity contribution in [3.63, 3.8) is 0 Å². The van der Waals surface area contributed by atoms with E-state index in [1.165, 1.54) is 31.4 Å². The third-order valence-corrected chi connectivity index (χ3v) is 4.75. The van der Waals surface area contributed by atoms with E-state index in [1.54, 1.807) is 31.4 Å². The van der Waals surface area contributed by atoms with Crippen molar-refractivity contribution < 1.29 is 19.0 Å². The van der Waals surface area contributed by atoms with Gasteiger partial charge in [-0.2, -0.15) is 0 Å². The molecule has 0 aliphatic carbocycles. The fraction of sp³-hybridized carbons (Fsp3) is 0.217. The van der Waals surface area contributed by atoms with Gasteiger partial charge in [-0.3, -0.25) is 0 Å². The number of aromatic nitrogens is 1. The summed E-state index contributed by atoms with van der Waals surface area (Å²) in [6.45, 7) is 0.367. The normalized spacial score (nSPS) is 10.2. The number of carbonyl (C=O) groups excluding carboxylic acids is 1. The molecule has 0 fully saturated rings. The summed E-state index contributed by atoms with van der Waals surface area (Å²) in [5, 5.41) is 5.89. The van der Waals surface area contributed by atoms with Gasteiger partial charge in [-0.25, -0.2) is 14.7 Å². The van der Waals surface area contributed by atoms with E-state index >= 15 is 0 Å². The molecule has 0 unspecified atom stereocenters. The molecule has 0 aliphatic heterocycles. The van der Waals surface area contributed by atoms with Crippen molar-refractivity contribution in [1.29, 1.82) is 0 Å². The highest BCUT2D eigenvalue weighted by molar-refractivity contribution is 6.01. The molecule has 2 amide bonds. The summed E-state index contributed by atoms with van der Waals surface area (Å²) in [4.78, 5) is 30.1. The van der Waals surface area contributed by atoms with Gasteiger partial charge in [0.1, 0.15) is 5.75 Å². The number of pyridine rings is 1. The molecule has 0 aliphatic rings. The summed E-state index contributed by atoms with van der Waals surface area (Å²) < 4.78 is 15.8. The van der Waals surface area contributed by atoms with Gasteiger partial charge in [0.2, 0.25) is 0 Å². The molecule has 3 rings (SSSR count). The van der Waals surface area contributed by atoms with Crippen molar-refractivity contribution in [1.82, 2.24) is 10.3 Å². The maximum absolute atomic E-state index is 13.2. The Morgan fingerprint density at radius 1 is 1.00 bits per heavy atom. The van der Waals surface area contributed by atoms with Crippen LogP contribution in [0.4, 0.5) is 22.0 Å². The number of benzene rings is 2. The summed E-state index contributed by atoms with van der Waals surface area (Å²) in [5.74, 6) is 1.81. The monoisotopic (exact) mass is 436 g/mol. The number of hydrogen-bond donors (Lipinski definition) is 1. The second kappa shape index (κ2) is 10.8. The van der Waals surface area contributed by atoms with Gasteiger partial charge < -0.3 is 19.5 Å².